The summed E-state index contributed by atoms with van der Waals surface area (Å²) in [5.74, 6) is -0.0939. The Labute approximate surface area is 201 Å². The van der Waals surface area contributed by atoms with Crippen molar-refractivity contribution in [2.75, 3.05) is 52.4 Å². The van der Waals surface area contributed by atoms with Gasteiger partial charge in [0.1, 0.15) is 0 Å². The number of amides is 2. The summed E-state index contributed by atoms with van der Waals surface area (Å²) in [6.07, 6.45) is 3.91. The third-order valence-electron chi connectivity index (χ3n) is 6.41. The highest BCUT2D eigenvalue weighted by Gasteiger charge is 2.30. The minimum atomic E-state index is -3.55. The Hall–Kier alpha value is -2.82. The predicted octanol–water partition coefficient (Wildman–Crippen LogP) is 1.04. The maximum atomic E-state index is 12.7. The van der Waals surface area contributed by atoms with Gasteiger partial charge in [0.25, 0.3) is 0 Å². The van der Waals surface area contributed by atoms with Gasteiger partial charge in [0, 0.05) is 84.1 Å². The molecule has 0 unspecified atom stereocenters. The van der Waals surface area contributed by atoms with Crippen molar-refractivity contribution < 1.29 is 18.0 Å². The summed E-state index contributed by atoms with van der Waals surface area (Å²) in [6.45, 7) is 4.98. The first kappa shape index (κ1) is 24.3. The van der Waals surface area contributed by atoms with Gasteiger partial charge in [0.2, 0.25) is 21.8 Å². The van der Waals surface area contributed by atoms with Gasteiger partial charge in [-0.2, -0.15) is 4.31 Å². The van der Waals surface area contributed by atoms with Gasteiger partial charge in [-0.3, -0.25) is 19.5 Å². The van der Waals surface area contributed by atoms with Crippen LogP contribution < -0.4 is 0 Å². The summed E-state index contributed by atoms with van der Waals surface area (Å²) in [4.78, 5) is 35.4. The maximum absolute atomic E-state index is 12.7. The molecule has 0 aliphatic carbocycles. The summed E-state index contributed by atoms with van der Waals surface area (Å²) in [5.41, 5.74) is 1.21. The van der Waals surface area contributed by atoms with Crippen LogP contribution in [0.15, 0.2) is 59.8 Å². The second kappa shape index (κ2) is 11.1. The molecule has 182 valence electrons. The molecule has 0 bridgehead atoms. The molecule has 2 fully saturated rings. The van der Waals surface area contributed by atoms with E-state index in [2.05, 4.69) is 9.88 Å². The second-order valence-electron chi connectivity index (χ2n) is 8.61. The lowest BCUT2D eigenvalue weighted by Gasteiger charge is -2.35. The quantitative estimate of drug-likeness (QED) is 0.582. The summed E-state index contributed by atoms with van der Waals surface area (Å²) in [7, 11) is -3.55. The summed E-state index contributed by atoms with van der Waals surface area (Å²) < 4.78 is 26.9. The fourth-order valence-electron chi connectivity index (χ4n) is 4.35. The number of carbonyl (C=O) groups excluding carboxylic acids is 2. The van der Waals surface area contributed by atoms with Gasteiger partial charge in [-0.15, -0.1) is 0 Å². The first-order valence-electron chi connectivity index (χ1n) is 11.7. The van der Waals surface area contributed by atoms with E-state index in [1.165, 1.54) is 9.87 Å². The lowest BCUT2D eigenvalue weighted by Crippen LogP contribution is -2.51. The number of hydrogen-bond acceptors (Lipinski definition) is 6. The molecule has 4 rings (SSSR count). The fourth-order valence-corrected chi connectivity index (χ4v) is 5.79. The lowest BCUT2D eigenvalue weighted by molar-refractivity contribution is -0.138. The molecule has 1 aromatic heterocycles. The van der Waals surface area contributed by atoms with Crippen molar-refractivity contribution in [3.05, 3.63) is 60.4 Å². The zero-order chi connectivity index (χ0) is 24.0. The molecular formula is C24H31N5O4S. The number of nitrogens with zero attached hydrogens (tertiary/aromatic N) is 5. The van der Waals surface area contributed by atoms with Crippen molar-refractivity contribution in [3.63, 3.8) is 0 Å². The molecule has 2 saturated heterocycles. The van der Waals surface area contributed by atoms with Crippen LogP contribution in [0.4, 0.5) is 0 Å². The van der Waals surface area contributed by atoms with Crippen LogP contribution in [0.5, 0.6) is 0 Å². The van der Waals surface area contributed by atoms with Crippen LogP contribution in [0.3, 0.4) is 0 Å². The molecule has 2 aliphatic rings. The molecule has 9 nitrogen and oxygen atoms in total. The van der Waals surface area contributed by atoms with Crippen molar-refractivity contribution in [2.24, 2.45) is 0 Å². The average molecular weight is 486 g/mol. The molecule has 0 spiro atoms. The van der Waals surface area contributed by atoms with Crippen LogP contribution in [0.25, 0.3) is 0 Å². The summed E-state index contributed by atoms with van der Waals surface area (Å²) in [6, 6.07) is 12.3. The molecule has 2 aromatic rings. The molecule has 0 atom stereocenters. The zero-order valence-corrected chi connectivity index (χ0v) is 20.1. The van der Waals surface area contributed by atoms with E-state index in [0.717, 1.165) is 19.6 Å². The SMILES string of the molecule is O=C(CCC(=O)N1CCN(S(=O)(=O)c2ccccc2)CC1)N1CCN(Cc2ccncc2)CC1. The first-order valence-corrected chi connectivity index (χ1v) is 13.1. The van der Waals surface area contributed by atoms with Gasteiger partial charge in [0.05, 0.1) is 4.90 Å². The van der Waals surface area contributed by atoms with E-state index in [0.29, 0.717) is 26.2 Å². The highest BCUT2D eigenvalue weighted by Crippen LogP contribution is 2.18. The third kappa shape index (κ3) is 5.99. The minimum absolute atomic E-state index is 0.00204. The van der Waals surface area contributed by atoms with E-state index in [4.69, 9.17) is 0 Å². The van der Waals surface area contributed by atoms with Gasteiger partial charge < -0.3 is 9.80 Å². The van der Waals surface area contributed by atoms with Gasteiger partial charge in [-0.1, -0.05) is 18.2 Å². The van der Waals surface area contributed by atoms with Gasteiger partial charge in [-0.05, 0) is 29.8 Å². The Morgan fingerprint density at radius 1 is 0.735 bits per heavy atom. The van der Waals surface area contributed by atoms with E-state index in [9.17, 15) is 18.0 Å². The smallest absolute Gasteiger partial charge is 0.243 e. The van der Waals surface area contributed by atoms with Crippen LogP contribution in [-0.2, 0) is 26.2 Å². The molecule has 2 amide bonds. The molecular weight excluding hydrogens is 454 g/mol. The Bertz CT molecular complexity index is 1070. The van der Waals surface area contributed by atoms with Gasteiger partial charge in [0.15, 0.2) is 0 Å². The Kier molecular flexibility index (Phi) is 7.91. The van der Waals surface area contributed by atoms with Crippen LogP contribution in [0, 0.1) is 0 Å². The van der Waals surface area contributed by atoms with Crippen molar-refractivity contribution in [1.29, 1.82) is 0 Å². The van der Waals surface area contributed by atoms with Crippen molar-refractivity contribution in [3.8, 4) is 0 Å². The maximum Gasteiger partial charge on any atom is 0.243 e. The highest BCUT2D eigenvalue weighted by molar-refractivity contribution is 7.89. The number of rotatable bonds is 7. The van der Waals surface area contributed by atoms with Crippen LogP contribution >= 0.6 is 0 Å². The Morgan fingerprint density at radius 3 is 1.82 bits per heavy atom. The largest absolute Gasteiger partial charge is 0.340 e. The predicted molar refractivity (Wildman–Crippen MR) is 127 cm³/mol. The normalized spacial score (nSPS) is 18.1. The number of aromatic nitrogens is 1. The van der Waals surface area contributed by atoms with Crippen LogP contribution in [0.2, 0.25) is 0 Å². The average Bonchev–Trinajstić information content (AvgIpc) is 2.88. The molecule has 10 heteroatoms. The van der Waals surface area contributed by atoms with Gasteiger partial charge >= 0.3 is 0 Å². The lowest BCUT2D eigenvalue weighted by atomic mass is 10.2. The molecule has 2 aliphatic heterocycles. The van der Waals surface area contributed by atoms with Crippen LogP contribution in [0.1, 0.15) is 18.4 Å². The molecule has 0 radical (unpaired) electrons. The number of carbonyl (C=O) groups is 2. The molecule has 1 aromatic carbocycles. The molecule has 0 N–H and O–H groups in total. The van der Waals surface area contributed by atoms with E-state index < -0.39 is 10.0 Å². The molecule has 0 saturated carbocycles. The first-order chi connectivity index (χ1) is 16.4. The van der Waals surface area contributed by atoms with E-state index in [1.54, 1.807) is 47.6 Å². The number of pyridine rings is 1. The molecule has 3 heterocycles. The summed E-state index contributed by atoms with van der Waals surface area (Å²) in [5, 5.41) is 0. The number of piperazine rings is 2. The van der Waals surface area contributed by atoms with E-state index in [-0.39, 0.29) is 42.6 Å². The number of hydrogen-bond donors (Lipinski definition) is 0. The Morgan fingerprint density at radius 2 is 1.26 bits per heavy atom. The van der Waals surface area contributed by atoms with Crippen LogP contribution in [-0.4, -0.2) is 96.6 Å². The van der Waals surface area contributed by atoms with E-state index in [1.807, 2.05) is 17.0 Å². The Balaban J connectivity index is 1.18. The van der Waals surface area contributed by atoms with E-state index >= 15 is 0 Å². The molecule has 34 heavy (non-hydrogen) atoms. The summed E-state index contributed by atoms with van der Waals surface area (Å²) >= 11 is 0. The van der Waals surface area contributed by atoms with Gasteiger partial charge in [-0.25, -0.2) is 8.42 Å². The third-order valence-corrected chi connectivity index (χ3v) is 8.32. The standard InChI is InChI=1S/C24H31N5O4S/c30-23(27-14-12-26(13-15-27)20-21-8-10-25-11-9-21)6-7-24(31)28-16-18-29(19-17-28)34(32,33)22-4-2-1-3-5-22/h1-5,8-11H,6-7,12-20H2. The number of benzene rings is 1. The zero-order valence-electron chi connectivity index (χ0n) is 19.3. The van der Waals surface area contributed by atoms with Crippen molar-refractivity contribution >= 4 is 21.8 Å². The van der Waals surface area contributed by atoms with Crippen molar-refractivity contribution in [2.45, 2.75) is 24.3 Å². The highest BCUT2D eigenvalue weighted by atomic mass is 32.2. The van der Waals surface area contributed by atoms with Crippen molar-refractivity contribution in [1.82, 2.24) is 24.0 Å². The second-order valence-corrected chi connectivity index (χ2v) is 10.5. The number of sulfonamides is 1. The fraction of sp³-hybridized carbons (Fsp3) is 0.458. The monoisotopic (exact) mass is 485 g/mol. The minimum Gasteiger partial charge on any atom is -0.340 e. The topological polar surface area (TPSA) is 94.1 Å².